The molecule has 1 aliphatic rings. The summed E-state index contributed by atoms with van der Waals surface area (Å²) >= 11 is 2.28. The van der Waals surface area contributed by atoms with E-state index in [1.165, 1.54) is 9.13 Å². The van der Waals surface area contributed by atoms with Crippen LogP contribution >= 0.6 is 22.6 Å². The van der Waals surface area contributed by atoms with E-state index in [4.69, 9.17) is 0 Å². The Kier molecular flexibility index (Phi) is 3.65. The van der Waals surface area contributed by atoms with Gasteiger partial charge in [-0.3, -0.25) is 4.79 Å². The number of hydrogen-bond donors (Lipinski definition) is 1. The topological polar surface area (TPSA) is 40.5 Å². The smallest absolute Gasteiger partial charge is 0.312 e. The van der Waals surface area contributed by atoms with Crippen LogP contribution in [-0.4, -0.2) is 17.6 Å². The van der Waals surface area contributed by atoms with Gasteiger partial charge >= 0.3 is 5.97 Å². The predicted octanol–water partition coefficient (Wildman–Crippen LogP) is 3.48. The molecule has 2 aromatic carbocycles. The van der Waals surface area contributed by atoms with Crippen molar-refractivity contribution in [1.82, 2.24) is 0 Å². The van der Waals surface area contributed by atoms with Gasteiger partial charge < -0.3 is 10.0 Å². The minimum Gasteiger partial charge on any atom is -0.481 e. The van der Waals surface area contributed by atoms with Crippen LogP contribution in [0.5, 0.6) is 0 Å². The van der Waals surface area contributed by atoms with Gasteiger partial charge in [-0.1, -0.05) is 30.3 Å². The lowest BCUT2D eigenvalue weighted by molar-refractivity contribution is -0.138. The normalized spacial score (nSPS) is 17.1. The number of rotatable bonds is 3. The van der Waals surface area contributed by atoms with Crippen molar-refractivity contribution in [3.05, 3.63) is 63.2 Å². The fourth-order valence-electron chi connectivity index (χ4n) is 2.66. The van der Waals surface area contributed by atoms with Crippen molar-refractivity contribution in [1.29, 1.82) is 0 Å². The lowest BCUT2D eigenvalue weighted by Gasteiger charge is -2.19. The van der Waals surface area contributed by atoms with Crippen LogP contribution in [-0.2, 0) is 11.3 Å². The zero-order chi connectivity index (χ0) is 14.1. The number of para-hydroxylation sites is 1. The number of hydrogen-bond acceptors (Lipinski definition) is 2. The second-order valence-electron chi connectivity index (χ2n) is 4.96. The Morgan fingerprint density at radius 3 is 2.60 bits per heavy atom. The first-order chi connectivity index (χ1) is 9.65. The van der Waals surface area contributed by atoms with Gasteiger partial charge in [-0.2, -0.15) is 0 Å². The number of nitrogens with zero attached hydrogens (tertiary/aromatic N) is 1. The molecular weight excluding hydrogens is 365 g/mol. The van der Waals surface area contributed by atoms with Crippen LogP contribution < -0.4 is 4.90 Å². The minimum atomic E-state index is -0.748. The summed E-state index contributed by atoms with van der Waals surface area (Å²) in [5, 5.41) is 9.35. The Balaban J connectivity index is 1.88. The molecule has 0 spiro atoms. The first-order valence-electron chi connectivity index (χ1n) is 6.46. The molecule has 0 aromatic heterocycles. The van der Waals surface area contributed by atoms with Crippen molar-refractivity contribution in [2.24, 2.45) is 0 Å². The highest BCUT2D eigenvalue weighted by Crippen LogP contribution is 2.37. The zero-order valence-corrected chi connectivity index (χ0v) is 12.9. The highest BCUT2D eigenvalue weighted by molar-refractivity contribution is 14.1. The average Bonchev–Trinajstić information content (AvgIpc) is 2.81. The third-order valence-corrected chi connectivity index (χ3v) is 4.36. The molecule has 0 saturated heterocycles. The molecule has 1 unspecified atom stereocenters. The maximum Gasteiger partial charge on any atom is 0.312 e. The Morgan fingerprint density at radius 1 is 1.20 bits per heavy atom. The summed E-state index contributed by atoms with van der Waals surface area (Å²) < 4.78 is 1.21. The summed E-state index contributed by atoms with van der Waals surface area (Å²) in [7, 11) is 0. The minimum absolute atomic E-state index is 0.421. The average molecular weight is 379 g/mol. The summed E-state index contributed by atoms with van der Waals surface area (Å²) in [5.41, 5.74) is 3.16. The van der Waals surface area contributed by atoms with E-state index >= 15 is 0 Å². The number of halogens is 1. The molecule has 1 heterocycles. The number of anilines is 1. The van der Waals surface area contributed by atoms with E-state index in [1.807, 2.05) is 24.3 Å². The molecule has 1 aliphatic heterocycles. The summed E-state index contributed by atoms with van der Waals surface area (Å²) in [6.45, 7) is 1.29. The summed E-state index contributed by atoms with van der Waals surface area (Å²) in [5.74, 6) is -1.17. The fraction of sp³-hybridized carbons (Fsp3) is 0.188. The maximum absolute atomic E-state index is 11.4. The van der Waals surface area contributed by atoms with E-state index in [-0.39, 0.29) is 0 Å². The van der Waals surface area contributed by atoms with E-state index in [2.05, 4.69) is 51.8 Å². The van der Waals surface area contributed by atoms with Crippen LogP contribution in [0, 0.1) is 3.57 Å². The first kappa shape index (κ1) is 13.4. The number of benzene rings is 2. The monoisotopic (exact) mass is 379 g/mol. The van der Waals surface area contributed by atoms with Crippen LogP contribution in [0.15, 0.2) is 48.5 Å². The number of carboxylic acids is 1. The SMILES string of the molecule is O=C(O)C1CN(Cc2ccc(I)cc2)c2ccccc21. The molecule has 0 radical (unpaired) electrons. The maximum atomic E-state index is 11.4. The molecule has 3 nitrogen and oxygen atoms in total. The van der Waals surface area contributed by atoms with E-state index in [1.54, 1.807) is 0 Å². The molecule has 1 atom stereocenters. The van der Waals surface area contributed by atoms with Crippen molar-refractivity contribution in [3.8, 4) is 0 Å². The standard InChI is InChI=1S/C16H14INO2/c17-12-7-5-11(6-8-12)9-18-10-14(16(19)20)13-3-1-2-4-15(13)18/h1-8,14H,9-10H2,(H,19,20). The van der Waals surface area contributed by atoms with Gasteiger partial charge in [-0.05, 0) is 51.9 Å². The van der Waals surface area contributed by atoms with E-state index in [9.17, 15) is 9.90 Å². The largest absolute Gasteiger partial charge is 0.481 e. The fourth-order valence-corrected chi connectivity index (χ4v) is 3.02. The Labute approximate surface area is 131 Å². The van der Waals surface area contributed by atoms with Gasteiger partial charge in [0.05, 0.1) is 0 Å². The van der Waals surface area contributed by atoms with Gasteiger partial charge in [0.2, 0.25) is 0 Å². The van der Waals surface area contributed by atoms with E-state index in [0.29, 0.717) is 6.54 Å². The van der Waals surface area contributed by atoms with Crippen molar-refractivity contribution in [2.75, 3.05) is 11.4 Å². The lowest BCUT2D eigenvalue weighted by atomic mass is 10.0. The second kappa shape index (κ2) is 5.44. The molecule has 0 bridgehead atoms. The number of aliphatic carboxylic acids is 1. The first-order valence-corrected chi connectivity index (χ1v) is 7.54. The number of carbonyl (C=O) groups is 1. The summed E-state index contributed by atoms with van der Waals surface area (Å²) in [6.07, 6.45) is 0. The van der Waals surface area contributed by atoms with Crippen molar-refractivity contribution in [3.63, 3.8) is 0 Å². The molecule has 0 fully saturated rings. The van der Waals surface area contributed by atoms with Crippen molar-refractivity contribution >= 4 is 34.2 Å². The molecular formula is C16H14INO2. The van der Waals surface area contributed by atoms with Crippen LogP contribution in [0.1, 0.15) is 17.0 Å². The molecule has 1 N–H and O–H groups in total. The third kappa shape index (κ3) is 2.52. The van der Waals surface area contributed by atoms with Crippen LogP contribution in [0.3, 0.4) is 0 Å². The van der Waals surface area contributed by atoms with E-state index < -0.39 is 11.9 Å². The Bertz CT molecular complexity index is 639. The third-order valence-electron chi connectivity index (χ3n) is 3.64. The van der Waals surface area contributed by atoms with Gasteiger partial charge in [0.1, 0.15) is 5.92 Å². The van der Waals surface area contributed by atoms with Gasteiger partial charge in [-0.25, -0.2) is 0 Å². The van der Waals surface area contributed by atoms with Crippen LogP contribution in [0.25, 0.3) is 0 Å². The Morgan fingerprint density at radius 2 is 1.90 bits per heavy atom. The van der Waals surface area contributed by atoms with Crippen molar-refractivity contribution in [2.45, 2.75) is 12.5 Å². The number of carboxylic acid groups (broad SMARTS) is 1. The highest BCUT2D eigenvalue weighted by atomic mass is 127. The van der Waals surface area contributed by atoms with Crippen molar-refractivity contribution < 1.29 is 9.90 Å². The van der Waals surface area contributed by atoms with Gasteiger partial charge in [-0.15, -0.1) is 0 Å². The molecule has 20 heavy (non-hydrogen) atoms. The summed E-state index contributed by atoms with van der Waals surface area (Å²) in [6, 6.07) is 16.1. The molecule has 102 valence electrons. The van der Waals surface area contributed by atoms with Crippen LogP contribution in [0.2, 0.25) is 0 Å². The summed E-state index contributed by atoms with van der Waals surface area (Å²) in [4.78, 5) is 13.5. The molecule has 4 heteroatoms. The predicted molar refractivity (Wildman–Crippen MR) is 87.0 cm³/mol. The zero-order valence-electron chi connectivity index (χ0n) is 10.8. The second-order valence-corrected chi connectivity index (χ2v) is 6.20. The lowest BCUT2D eigenvalue weighted by Crippen LogP contribution is -2.24. The van der Waals surface area contributed by atoms with Crippen LogP contribution in [0.4, 0.5) is 5.69 Å². The highest BCUT2D eigenvalue weighted by Gasteiger charge is 2.32. The van der Waals surface area contributed by atoms with Gasteiger partial charge in [0, 0.05) is 22.3 Å². The molecule has 2 aromatic rings. The molecule has 0 amide bonds. The quantitative estimate of drug-likeness (QED) is 0.831. The molecule has 0 aliphatic carbocycles. The molecule has 3 rings (SSSR count). The Hall–Kier alpha value is -1.56. The number of fused-ring (bicyclic) bond motifs is 1. The van der Waals surface area contributed by atoms with Gasteiger partial charge in [0.25, 0.3) is 0 Å². The molecule has 0 saturated carbocycles. The van der Waals surface area contributed by atoms with E-state index in [0.717, 1.165) is 17.8 Å². The van der Waals surface area contributed by atoms with Gasteiger partial charge in [0.15, 0.2) is 0 Å².